The van der Waals surface area contributed by atoms with E-state index in [1.165, 1.54) is 64.5 Å². The van der Waals surface area contributed by atoms with Crippen molar-refractivity contribution in [2.45, 2.75) is 83.3 Å². The molecule has 0 radical (unpaired) electrons. The molecule has 2 nitrogen and oxygen atoms in total. The lowest BCUT2D eigenvalue weighted by atomic mass is 10.1. The van der Waals surface area contributed by atoms with Crippen LogP contribution in [0, 0.1) is 0 Å². The van der Waals surface area contributed by atoms with E-state index in [0.29, 0.717) is 0 Å². The van der Waals surface area contributed by atoms with Gasteiger partial charge in [-0.05, 0) is 38.6 Å². The van der Waals surface area contributed by atoms with E-state index in [-0.39, 0.29) is 0 Å². The number of nitrogens with one attached hydrogen (secondary N) is 1. The Morgan fingerprint density at radius 2 is 1.82 bits per heavy atom. The van der Waals surface area contributed by atoms with Gasteiger partial charge in [0.15, 0.2) is 0 Å². The fourth-order valence-electron chi connectivity index (χ4n) is 3.36. The lowest BCUT2D eigenvalue weighted by Gasteiger charge is -2.36. The Kier molecular flexibility index (Phi) is 5.30. The van der Waals surface area contributed by atoms with Gasteiger partial charge in [-0.3, -0.25) is 4.90 Å². The fourth-order valence-corrected chi connectivity index (χ4v) is 3.36. The first-order valence-corrected chi connectivity index (χ1v) is 7.84. The molecule has 2 saturated carbocycles. The molecule has 0 heterocycles. The van der Waals surface area contributed by atoms with Gasteiger partial charge in [-0.1, -0.05) is 33.1 Å². The minimum absolute atomic E-state index is 0.786. The van der Waals surface area contributed by atoms with Crippen LogP contribution >= 0.6 is 0 Å². The second kappa shape index (κ2) is 6.75. The predicted molar refractivity (Wildman–Crippen MR) is 74.4 cm³/mol. The van der Waals surface area contributed by atoms with Gasteiger partial charge in [-0.2, -0.15) is 0 Å². The average Bonchev–Trinajstić information content (AvgIpc) is 3.02. The van der Waals surface area contributed by atoms with Crippen molar-refractivity contribution in [3.05, 3.63) is 0 Å². The molecule has 1 atom stereocenters. The molecule has 17 heavy (non-hydrogen) atoms. The molecule has 0 aromatic heterocycles. The lowest BCUT2D eigenvalue weighted by Crippen LogP contribution is -2.47. The van der Waals surface area contributed by atoms with E-state index in [1.807, 2.05) is 0 Å². The molecule has 0 spiro atoms. The van der Waals surface area contributed by atoms with E-state index < -0.39 is 0 Å². The van der Waals surface area contributed by atoms with Crippen molar-refractivity contribution in [2.24, 2.45) is 0 Å². The molecule has 0 aliphatic heterocycles. The summed E-state index contributed by atoms with van der Waals surface area (Å²) in [5.41, 5.74) is 0. The van der Waals surface area contributed by atoms with Crippen LogP contribution in [0.2, 0.25) is 0 Å². The number of rotatable bonds is 8. The zero-order chi connectivity index (χ0) is 12.1. The zero-order valence-electron chi connectivity index (χ0n) is 11.8. The summed E-state index contributed by atoms with van der Waals surface area (Å²) in [5, 5.41) is 3.74. The smallest absolute Gasteiger partial charge is 0.0223 e. The molecule has 2 heteroatoms. The van der Waals surface area contributed by atoms with Gasteiger partial charge in [0.1, 0.15) is 0 Å². The van der Waals surface area contributed by atoms with Crippen LogP contribution in [-0.2, 0) is 0 Å². The topological polar surface area (TPSA) is 15.3 Å². The van der Waals surface area contributed by atoms with Crippen LogP contribution < -0.4 is 5.32 Å². The molecular weight excluding hydrogens is 208 g/mol. The predicted octanol–water partition coefficient (Wildman–Crippen LogP) is 3.17. The highest BCUT2D eigenvalue weighted by molar-refractivity contribution is 4.87. The molecule has 100 valence electrons. The van der Waals surface area contributed by atoms with Crippen molar-refractivity contribution in [3.8, 4) is 0 Å². The molecule has 0 saturated heterocycles. The lowest BCUT2D eigenvalue weighted by molar-refractivity contribution is 0.132. The monoisotopic (exact) mass is 238 g/mol. The van der Waals surface area contributed by atoms with Crippen molar-refractivity contribution in [3.63, 3.8) is 0 Å². The summed E-state index contributed by atoms with van der Waals surface area (Å²) in [6, 6.07) is 2.53. The van der Waals surface area contributed by atoms with Gasteiger partial charge in [0, 0.05) is 24.7 Å². The van der Waals surface area contributed by atoms with E-state index in [1.54, 1.807) is 0 Å². The molecule has 2 rings (SSSR count). The van der Waals surface area contributed by atoms with E-state index in [2.05, 4.69) is 24.1 Å². The molecule has 0 aromatic carbocycles. The Bertz CT molecular complexity index is 207. The Balaban J connectivity index is 1.84. The molecule has 0 bridgehead atoms. The summed E-state index contributed by atoms with van der Waals surface area (Å²) in [6.45, 7) is 7.13. The highest BCUT2D eigenvalue weighted by atomic mass is 15.2. The minimum Gasteiger partial charge on any atom is -0.312 e. The van der Waals surface area contributed by atoms with Crippen LogP contribution in [-0.4, -0.2) is 36.1 Å². The van der Waals surface area contributed by atoms with Gasteiger partial charge in [0.2, 0.25) is 0 Å². The average molecular weight is 238 g/mol. The molecule has 0 amide bonds. The maximum Gasteiger partial charge on any atom is 0.0223 e. The van der Waals surface area contributed by atoms with Crippen molar-refractivity contribution < 1.29 is 0 Å². The van der Waals surface area contributed by atoms with Gasteiger partial charge >= 0.3 is 0 Å². The van der Waals surface area contributed by atoms with E-state index in [9.17, 15) is 0 Å². The number of hydrogen-bond acceptors (Lipinski definition) is 2. The van der Waals surface area contributed by atoms with Crippen molar-refractivity contribution >= 4 is 0 Å². The SMILES string of the molecule is CCCC(CNC1CC1)N(CC)C1CCCC1. The highest BCUT2D eigenvalue weighted by Gasteiger charge is 2.28. The van der Waals surface area contributed by atoms with Crippen LogP contribution in [0.1, 0.15) is 65.2 Å². The zero-order valence-corrected chi connectivity index (χ0v) is 11.8. The van der Waals surface area contributed by atoms with E-state index in [0.717, 1.165) is 18.1 Å². The first-order chi connectivity index (χ1) is 8.35. The van der Waals surface area contributed by atoms with Crippen LogP contribution in [0.5, 0.6) is 0 Å². The van der Waals surface area contributed by atoms with Crippen molar-refractivity contribution in [2.75, 3.05) is 13.1 Å². The van der Waals surface area contributed by atoms with Gasteiger partial charge in [0.05, 0.1) is 0 Å². The van der Waals surface area contributed by atoms with Gasteiger partial charge in [-0.15, -0.1) is 0 Å². The number of nitrogens with zero attached hydrogens (tertiary/aromatic N) is 1. The van der Waals surface area contributed by atoms with Crippen molar-refractivity contribution in [1.29, 1.82) is 0 Å². The molecule has 1 N–H and O–H groups in total. The van der Waals surface area contributed by atoms with Crippen LogP contribution in [0.15, 0.2) is 0 Å². The Morgan fingerprint density at radius 3 is 2.35 bits per heavy atom. The van der Waals surface area contributed by atoms with Gasteiger partial charge in [0.25, 0.3) is 0 Å². The summed E-state index contributed by atoms with van der Waals surface area (Å²) >= 11 is 0. The standard InChI is InChI=1S/C15H30N2/c1-3-7-15(12-16-13-10-11-13)17(4-2)14-8-5-6-9-14/h13-16H,3-12H2,1-2H3. The fraction of sp³-hybridized carbons (Fsp3) is 1.00. The summed E-state index contributed by atoms with van der Waals surface area (Å²) in [4.78, 5) is 2.80. The van der Waals surface area contributed by atoms with Crippen LogP contribution in [0.3, 0.4) is 0 Å². The molecule has 2 aliphatic rings. The van der Waals surface area contributed by atoms with E-state index >= 15 is 0 Å². The second-order valence-electron chi connectivity index (χ2n) is 5.89. The third kappa shape index (κ3) is 3.96. The second-order valence-corrected chi connectivity index (χ2v) is 5.89. The maximum absolute atomic E-state index is 3.74. The normalized spacial score (nSPS) is 23.5. The van der Waals surface area contributed by atoms with Gasteiger partial charge in [-0.25, -0.2) is 0 Å². The Morgan fingerprint density at radius 1 is 1.12 bits per heavy atom. The summed E-state index contributed by atoms with van der Waals surface area (Å²) in [6.07, 6.45) is 11.3. The number of hydrogen-bond donors (Lipinski definition) is 1. The first kappa shape index (κ1) is 13.4. The molecule has 2 fully saturated rings. The van der Waals surface area contributed by atoms with Crippen molar-refractivity contribution in [1.82, 2.24) is 10.2 Å². The largest absolute Gasteiger partial charge is 0.312 e. The molecular formula is C15H30N2. The third-order valence-electron chi connectivity index (χ3n) is 4.47. The molecule has 1 unspecified atom stereocenters. The maximum atomic E-state index is 3.74. The highest BCUT2D eigenvalue weighted by Crippen LogP contribution is 2.26. The summed E-state index contributed by atoms with van der Waals surface area (Å²) < 4.78 is 0. The third-order valence-corrected chi connectivity index (χ3v) is 4.47. The van der Waals surface area contributed by atoms with Crippen LogP contribution in [0.25, 0.3) is 0 Å². The Hall–Kier alpha value is -0.0800. The summed E-state index contributed by atoms with van der Waals surface area (Å²) in [5.74, 6) is 0. The quantitative estimate of drug-likeness (QED) is 0.699. The minimum atomic E-state index is 0.786. The van der Waals surface area contributed by atoms with E-state index in [4.69, 9.17) is 0 Å². The van der Waals surface area contributed by atoms with Gasteiger partial charge < -0.3 is 5.32 Å². The molecule has 0 aromatic rings. The molecule has 2 aliphatic carbocycles. The number of likely N-dealkylation sites (N-methyl/N-ethyl adjacent to an activating group) is 1. The summed E-state index contributed by atoms with van der Waals surface area (Å²) in [7, 11) is 0. The Labute approximate surface area is 107 Å². The van der Waals surface area contributed by atoms with Crippen LogP contribution in [0.4, 0.5) is 0 Å². The first-order valence-electron chi connectivity index (χ1n) is 7.84.